The fourth-order valence-corrected chi connectivity index (χ4v) is 2.22. The molecule has 1 aromatic rings. The van der Waals surface area contributed by atoms with E-state index in [9.17, 15) is 9.59 Å². The van der Waals surface area contributed by atoms with Crippen molar-refractivity contribution >= 4 is 23.6 Å². The number of nitrogens with zero attached hydrogens (tertiary/aromatic N) is 1. The van der Waals surface area contributed by atoms with Gasteiger partial charge in [-0.25, -0.2) is 0 Å². The number of furan rings is 1. The zero-order chi connectivity index (χ0) is 14.0. The zero-order valence-electron chi connectivity index (χ0n) is 11.0. The number of hydrogen-bond donors (Lipinski definition) is 1. The predicted octanol–water partition coefficient (Wildman–Crippen LogP) is 2.33. The maximum Gasteiger partial charge on any atom is 0.308 e. The van der Waals surface area contributed by atoms with Gasteiger partial charge in [0.05, 0.1) is 5.92 Å². The Morgan fingerprint density at radius 2 is 2.21 bits per heavy atom. The van der Waals surface area contributed by atoms with Crippen molar-refractivity contribution in [3.63, 3.8) is 0 Å². The van der Waals surface area contributed by atoms with Crippen LogP contribution in [0, 0.1) is 5.92 Å². The minimum Gasteiger partial charge on any atom is -0.481 e. The van der Waals surface area contributed by atoms with E-state index >= 15 is 0 Å². The van der Waals surface area contributed by atoms with Gasteiger partial charge >= 0.3 is 5.97 Å². The lowest BCUT2D eigenvalue weighted by Crippen LogP contribution is -2.38. The van der Waals surface area contributed by atoms with Gasteiger partial charge in [-0.2, -0.15) is 0 Å². The number of amides is 1. The second-order valence-corrected chi connectivity index (χ2v) is 5.56. The summed E-state index contributed by atoms with van der Waals surface area (Å²) in [4.78, 5) is 24.9. The summed E-state index contributed by atoms with van der Waals surface area (Å²) in [6.45, 7) is 1.84. The molecule has 19 heavy (non-hydrogen) atoms. The molecule has 1 N–H and O–H groups in total. The van der Waals surface area contributed by atoms with Crippen LogP contribution in [-0.4, -0.2) is 40.7 Å². The second kappa shape index (κ2) is 5.69. The summed E-state index contributed by atoms with van der Waals surface area (Å²) in [5.41, 5.74) is 0. The van der Waals surface area contributed by atoms with Gasteiger partial charge in [-0.1, -0.05) is 18.7 Å². The highest BCUT2D eigenvalue weighted by Gasteiger charge is 2.36. The van der Waals surface area contributed by atoms with E-state index in [1.165, 1.54) is 11.8 Å². The molecule has 1 amide bonds. The van der Waals surface area contributed by atoms with Crippen molar-refractivity contribution in [2.24, 2.45) is 5.92 Å². The Labute approximate surface area is 116 Å². The number of carbonyl (C=O) groups is 2. The van der Waals surface area contributed by atoms with Gasteiger partial charge < -0.3 is 14.4 Å². The lowest BCUT2D eigenvalue weighted by Gasteiger charge is -2.23. The van der Waals surface area contributed by atoms with Crippen LogP contribution in [0.4, 0.5) is 0 Å². The SMILES string of the molecule is CSc1ccc(C(=O)N(CC(C)C(=O)O)C2CC2)o1. The summed E-state index contributed by atoms with van der Waals surface area (Å²) in [7, 11) is 0. The molecule has 0 radical (unpaired) electrons. The van der Waals surface area contributed by atoms with E-state index in [1.54, 1.807) is 24.0 Å². The number of carboxylic acid groups (broad SMARTS) is 1. The molecule has 1 aliphatic carbocycles. The van der Waals surface area contributed by atoms with Crippen LogP contribution in [0.3, 0.4) is 0 Å². The van der Waals surface area contributed by atoms with Crippen molar-refractivity contribution in [3.8, 4) is 0 Å². The number of aliphatic carboxylic acids is 1. The summed E-state index contributed by atoms with van der Waals surface area (Å²) < 4.78 is 5.42. The quantitative estimate of drug-likeness (QED) is 0.811. The molecule has 0 saturated heterocycles. The van der Waals surface area contributed by atoms with Crippen LogP contribution in [0.2, 0.25) is 0 Å². The normalized spacial score (nSPS) is 16.1. The summed E-state index contributed by atoms with van der Waals surface area (Å²) in [6, 6.07) is 3.57. The molecule has 0 aliphatic heterocycles. The largest absolute Gasteiger partial charge is 0.481 e. The van der Waals surface area contributed by atoms with Crippen LogP contribution in [0.5, 0.6) is 0 Å². The molecule has 1 atom stereocenters. The van der Waals surface area contributed by atoms with E-state index in [1.807, 2.05) is 6.26 Å². The Morgan fingerprint density at radius 3 is 2.68 bits per heavy atom. The van der Waals surface area contributed by atoms with Crippen molar-refractivity contribution in [1.82, 2.24) is 4.90 Å². The highest BCUT2D eigenvalue weighted by atomic mass is 32.2. The summed E-state index contributed by atoms with van der Waals surface area (Å²) in [5, 5.41) is 9.65. The van der Waals surface area contributed by atoms with Crippen molar-refractivity contribution < 1.29 is 19.1 Å². The minimum absolute atomic E-state index is 0.164. The lowest BCUT2D eigenvalue weighted by atomic mass is 10.1. The molecule has 1 unspecified atom stereocenters. The maximum atomic E-state index is 12.3. The van der Waals surface area contributed by atoms with Gasteiger partial charge in [-0.05, 0) is 31.2 Å². The van der Waals surface area contributed by atoms with Gasteiger partial charge in [0.2, 0.25) is 0 Å². The molecule has 0 bridgehead atoms. The van der Waals surface area contributed by atoms with Crippen molar-refractivity contribution in [1.29, 1.82) is 0 Å². The highest BCUT2D eigenvalue weighted by Crippen LogP contribution is 2.30. The van der Waals surface area contributed by atoms with E-state index < -0.39 is 11.9 Å². The fourth-order valence-electron chi connectivity index (χ4n) is 1.84. The molecule has 5 nitrogen and oxygen atoms in total. The molecule has 1 aliphatic rings. The summed E-state index contributed by atoms with van der Waals surface area (Å²) >= 11 is 1.43. The molecule has 1 heterocycles. The Bertz CT molecular complexity index is 481. The zero-order valence-corrected chi connectivity index (χ0v) is 11.8. The van der Waals surface area contributed by atoms with Crippen LogP contribution in [-0.2, 0) is 4.79 Å². The molecule has 2 rings (SSSR count). The lowest BCUT2D eigenvalue weighted by molar-refractivity contribution is -0.141. The van der Waals surface area contributed by atoms with E-state index in [4.69, 9.17) is 9.52 Å². The number of carboxylic acids is 1. The molecule has 6 heteroatoms. The van der Waals surface area contributed by atoms with Gasteiger partial charge in [0, 0.05) is 12.6 Å². The van der Waals surface area contributed by atoms with Gasteiger partial charge in [0.15, 0.2) is 10.9 Å². The summed E-state index contributed by atoms with van der Waals surface area (Å²) in [6.07, 6.45) is 3.75. The van der Waals surface area contributed by atoms with Crippen LogP contribution in [0.1, 0.15) is 30.3 Å². The smallest absolute Gasteiger partial charge is 0.308 e. The monoisotopic (exact) mass is 283 g/mol. The molecule has 1 saturated carbocycles. The number of thioether (sulfide) groups is 1. The average Bonchev–Trinajstić information content (AvgIpc) is 3.11. The van der Waals surface area contributed by atoms with Crippen molar-refractivity contribution in [2.45, 2.75) is 30.9 Å². The number of rotatable bonds is 6. The Kier molecular flexibility index (Phi) is 4.19. The van der Waals surface area contributed by atoms with Crippen LogP contribution in [0.25, 0.3) is 0 Å². The molecule has 104 valence electrons. The Balaban J connectivity index is 2.10. The molecule has 1 aromatic heterocycles. The first-order valence-corrected chi connectivity index (χ1v) is 7.43. The number of carbonyl (C=O) groups excluding carboxylic acids is 1. The van der Waals surface area contributed by atoms with Crippen LogP contribution < -0.4 is 0 Å². The van der Waals surface area contributed by atoms with Gasteiger partial charge in [0.1, 0.15) is 0 Å². The predicted molar refractivity (Wildman–Crippen MR) is 71.3 cm³/mol. The van der Waals surface area contributed by atoms with Crippen LogP contribution in [0.15, 0.2) is 21.6 Å². The van der Waals surface area contributed by atoms with E-state index in [-0.39, 0.29) is 24.3 Å². The molecule has 0 aromatic carbocycles. The van der Waals surface area contributed by atoms with Gasteiger partial charge in [0.25, 0.3) is 5.91 Å². The van der Waals surface area contributed by atoms with Crippen LogP contribution >= 0.6 is 11.8 Å². The first-order valence-electron chi connectivity index (χ1n) is 6.20. The van der Waals surface area contributed by atoms with Gasteiger partial charge in [-0.3, -0.25) is 9.59 Å². The second-order valence-electron chi connectivity index (χ2n) is 4.75. The van der Waals surface area contributed by atoms with E-state index in [0.717, 1.165) is 12.8 Å². The molecular formula is C13H17NO4S. The maximum absolute atomic E-state index is 12.3. The first-order chi connectivity index (χ1) is 9.02. The summed E-state index contributed by atoms with van der Waals surface area (Å²) in [5.74, 6) is -1.38. The third-order valence-corrected chi connectivity index (χ3v) is 3.76. The minimum atomic E-state index is -0.886. The van der Waals surface area contributed by atoms with E-state index in [2.05, 4.69) is 0 Å². The first kappa shape index (κ1) is 14.0. The van der Waals surface area contributed by atoms with Crippen molar-refractivity contribution in [2.75, 3.05) is 12.8 Å². The molecular weight excluding hydrogens is 266 g/mol. The third-order valence-electron chi connectivity index (χ3n) is 3.13. The molecule has 1 fully saturated rings. The standard InChI is InChI=1S/C13H17NO4S/c1-8(13(16)17)7-14(9-3-4-9)12(15)10-5-6-11(18-10)19-2/h5-6,8-9H,3-4,7H2,1-2H3,(H,16,17). The number of hydrogen-bond acceptors (Lipinski definition) is 4. The third kappa shape index (κ3) is 3.32. The molecule has 0 spiro atoms. The topological polar surface area (TPSA) is 70.8 Å². The van der Waals surface area contributed by atoms with E-state index in [0.29, 0.717) is 5.09 Å². The Hall–Kier alpha value is -1.43. The van der Waals surface area contributed by atoms with Crippen molar-refractivity contribution in [3.05, 3.63) is 17.9 Å². The van der Waals surface area contributed by atoms with Gasteiger partial charge in [-0.15, -0.1) is 0 Å². The highest BCUT2D eigenvalue weighted by molar-refractivity contribution is 7.98. The fraction of sp³-hybridized carbons (Fsp3) is 0.538. The Morgan fingerprint density at radius 1 is 1.53 bits per heavy atom. The average molecular weight is 283 g/mol.